The summed E-state index contributed by atoms with van der Waals surface area (Å²) in [6.45, 7) is 0.486. The summed E-state index contributed by atoms with van der Waals surface area (Å²) >= 11 is 0. The van der Waals surface area contributed by atoms with Gasteiger partial charge in [0, 0.05) is 18.9 Å². The number of benzene rings is 2. The zero-order valence-electron chi connectivity index (χ0n) is 19.4. The number of amides is 2. The van der Waals surface area contributed by atoms with E-state index in [0.717, 1.165) is 35.1 Å². The van der Waals surface area contributed by atoms with Gasteiger partial charge in [-0.3, -0.25) is 4.79 Å². The van der Waals surface area contributed by atoms with Crippen molar-refractivity contribution in [2.75, 3.05) is 13.2 Å². The molecule has 2 bridgehead atoms. The van der Waals surface area contributed by atoms with Gasteiger partial charge in [-0.15, -0.1) is 12.3 Å². The molecule has 1 atom stereocenters. The van der Waals surface area contributed by atoms with Gasteiger partial charge < -0.3 is 20.1 Å². The number of alkyl carbamates (subject to hydrolysis) is 1. The summed E-state index contributed by atoms with van der Waals surface area (Å²) < 4.78 is 5.58. The summed E-state index contributed by atoms with van der Waals surface area (Å²) in [6.07, 6.45) is 7.13. The fourth-order valence-corrected chi connectivity index (χ4v) is 5.96. The third-order valence-electron chi connectivity index (χ3n) is 7.81. The molecule has 0 aromatic heterocycles. The van der Waals surface area contributed by atoms with Crippen molar-refractivity contribution in [2.24, 2.45) is 5.92 Å². The molecule has 2 aliphatic heterocycles. The summed E-state index contributed by atoms with van der Waals surface area (Å²) in [5, 5.41) is 12.6. The molecular weight excluding hydrogens is 444 g/mol. The Hall–Kier alpha value is -3.79. The molecule has 2 aromatic carbocycles. The minimum atomic E-state index is -1.22. The van der Waals surface area contributed by atoms with Gasteiger partial charge in [0.1, 0.15) is 18.2 Å². The van der Waals surface area contributed by atoms with Gasteiger partial charge in [-0.2, -0.15) is 0 Å². The lowest BCUT2D eigenvalue weighted by Crippen LogP contribution is -2.67. The lowest BCUT2D eigenvalue weighted by molar-refractivity contribution is -0.171. The molecule has 180 valence electrons. The highest BCUT2D eigenvalue weighted by Gasteiger charge is 2.54. The number of nitrogens with one attached hydrogen (secondary N) is 1. The largest absolute Gasteiger partial charge is 0.479 e. The first-order valence-electron chi connectivity index (χ1n) is 12.0. The predicted octanol–water partition coefficient (Wildman–Crippen LogP) is 3.77. The first-order valence-corrected chi connectivity index (χ1v) is 12.0. The number of terminal acetylenes is 1. The number of carbonyl (C=O) groups is 3. The average Bonchev–Trinajstić information content (AvgIpc) is 3.21. The fraction of sp³-hybridized carbons (Fsp3) is 0.393. The summed E-state index contributed by atoms with van der Waals surface area (Å²) in [5.41, 5.74) is 3.20. The van der Waals surface area contributed by atoms with Gasteiger partial charge in [0.25, 0.3) is 0 Å². The van der Waals surface area contributed by atoms with E-state index in [1.54, 1.807) is 0 Å². The van der Waals surface area contributed by atoms with Crippen LogP contribution in [0.4, 0.5) is 4.79 Å². The van der Waals surface area contributed by atoms with Crippen molar-refractivity contribution in [3.8, 4) is 23.5 Å². The van der Waals surface area contributed by atoms with E-state index in [9.17, 15) is 19.5 Å². The normalized spacial score (nSPS) is 23.1. The topological polar surface area (TPSA) is 95.9 Å². The second kappa shape index (κ2) is 9.10. The lowest BCUT2D eigenvalue weighted by atomic mass is 9.70. The van der Waals surface area contributed by atoms with E-state index in [1.165, 1.54) is 4.90 Å². The predicted molar refractivity (Wildman–Crippen MR) is 129 cm³/mol. The number of aliphatic carboxylic acids is 1. The minimum Gasteiger partial charge on any atom is -0.479 e. The Labute approximate surface area is 204 Å². The van der Waals surface area contributed by atoms with Crippen LogP contribution < -0.4 is 5.32 Å². The van der Waals surface area contributed by atoms with Crippen molar-refractivity contribution in [3.63, 3.8) is 0 Å². The number of hydrogen-bond donors (Lipinski definition) is 2. The highest BCUT2D eigenvalue weighted by molar-refractivity contribution is 5.92. The molecule has 4 aliphatic rings. The van der Waals surface area contributed by atoms with E-state index < -0.39 is 29.6 Å². The van der Waals surface area contributed by atoms with Crippen LogP contribution in [0.2, 0.25) is 0 Å². The number of carboxylic acid groups (broad SMARTS) is 1. The van der Waals surface area contributed by atoms with Crippen molar-refractivity contribution < 1.29 is 24.2 Å². The Morgan fingerprint density at radius 2 is 1.69 bits per heavy atom. The Morgan fingerprint density at radius 1 is 1.09 bits per heavy atom. The quantitative estimate of drug-likeness (QED) is 0.624. The van der Waals surface area contributed by atoms with E-state index in [4.69, 9.17) is 11.2 Å². The minimum absolute atomic E-state index is 0.0418. The molecule has 2 aliphatic carbocycles. The first-order chi connectivity index (χ1) is 16.9. The van der Waals surface area contributed by atoms with Crippen LogP contribution in [-0.2, 0) is 14.3 Å². The van der Waals surface area contributed by atoms with E-state index in [2.05, 4.69) is 23.4 Å². The molecule has 7 nitrogen and oxygen atoms in total. The van der Waals surface area contributed by atoms with Crippen LogP contribution in [0.3, 0.4) is 0 Å². The van der Waals surface area contributed by atoms with Crippen LogP contribution in [0, 0.1) is 18.3 Å². The van der Waals surface area contributed by atoms with E-state index in [0.29, 0.717) is 19.4 Å². The van der Waals surface area contributed by atoms with E-state index in [1.807, 2.05) is 36.4 Å². The number of piperidine rings is 2. The molecule has 1 saturated carbocycles. The molecule has 1 unspecified atom stereocenters. The van der Waals surface area contributed by atoms with E-state index in [-0.39, 0.29) is 24.9 Å². The van der Waals surface area contributed by atoms with Gasteiger partial charge in [-0.05, 0) is 53.9 Å². The van der Waals surface area contributed by atoms with Gasteiger partial charge >= 0.3 is 12.1 Å². The molecule has 2 amide bonds. The smallest absolute Gasteiger partial charge is 0.407 e. The zero-order valence-corrected chi connectivity index (χ0v) is 19.4. The van der Waals surface area contributed by atoms with E-state index >= 15 is 0 Å². The van der Waals surface area contributed by atoms with Crippen LogP contribution in [0.5, 0.6) is 0 Å². The Bertz CT molecular complexity index is 1160. The summed E-state index contributed by atoms with van der Waals surface area (Å²) in [6, 6.07) is 15.0. The number of ether oxygens (including phenoxy) is 1. The first kappa shape index (κ1) is 23.0. The Balaban J connectivity index is 1.29. The zero-order chi connectivity index (χ0) is 24.6. The lowest BCUT2D eigenvalue weighted by Gasteiger charge is -2.52. The molecule has 2 N–H and O–H groups in total. The number of carbonyl (C=O) groups excluding carboxylic acids is 2. The molecule has 0 spiro atoms. The number of hydrogen-bond acceptors (Lipinski definition) is 4. The number of fused-ring (bicyclic) bond motifs is 6. The standard InChI is InChI=1S/C28H28N2O5/c1-2-7-24(25(31)30-16-18-12-14-28(30,15-13-18)26(32)33)29-27(34)35-17-23-21-10-5-3-8-19(21)20-9-4-6-11-22(20)23/h1,3-6,8-11,18,23-24H,7,12-17H2,(H,29,34)(H,32,33). The van der Waals surface area contributed by atoms with Gasteiger partial charge in [0.15, 0.2) is 0 Å². The third-order valence-corrected chi connectivity index (χ3v) is 7.81. The Morgan fingerprint density at radius 3 is 2.26 bits per heavy atom. The van der Waals surface area contributed by atoms with Crippen LogP contribution in [-0.4, -0.2) is 52.7 Å². The summed E-state index contributed by atoms with van der Waals surface area (Å²) in [5.74, 6) is 1.16. The van der Waals surface area contributed by atoms with Gasteiger partial charge in [0.2, 0.25) is 5.91 Å². The maximum absolute atomic E-state index is 13.4. The molecule has 6 rings (SSSR count). The second-order valence-electron chi connectivity index (χ2n) is 9.66. The highest BCUT2D eigenvalue weighted by atomic mass is 16.5. The molecule has 35 heavy (non-hydrogen) atoms. The van der Waals surface area contributed by atoms with Gasteiger partial charge in [0.05, 0.1) is 0 Å². The molecule has 2 heterocycles. The van der Waals surface area contributed by atoms with Gasteiger partial charge in [-0.1, -0.05) is 48.5 Å². The SMILES string of the molecule is C#CCC(NC(=O)OCC1c2ccccc2-c2ccccc21)C(=O)N1CC2CCC1(C(=O)O)CC2. The van der Waals surface area contributed by atoms with Crippen LogP contribution in [0.25, 0.3) is 11.1 Å². The molecule has 2 saturated heterocycles. The molecule has 2 aromatic rings. The van der Waals surface area contributed by atoms with Crippen LogP contribution in [0.1, 0.15) is 49.1 Å². The maximum atomic E-state index is 13.4. The fourth-order valence-electron chi connectivity index (χ4n) is 5.96. The Kier molecular flexibility index (Phi) is 5.98. The number of nitrogens with zero attached hydrogens (tertiary/aromatic N) is 1. The van der Waals surface area contributed by atoms with Crippen LogP contribution >= 0.6 is 0 Å². The molecule has 0 radical (unpaired) electrons. The molecule has 7 heteroatoms. The van der Waals surface area contributed by atoms with Gasteiger partial charge in [-0.25, -0.2) is 9.59 Å². The monoisotopic (exact) mass is 472 g/mol. The highest BCUT2D eigenvalue weighted by Crippen LogP contribution is 2.45. The number of carboxylic acids is 1. The second-order valence-corrected chi connectivity index (χ2v) is 9.66. The molecular formula is C28H28N2O5. The van der Waals surface area contributed by atoms with Crippen molar-refractivity contribution in [1.29, 1.82) is 0 Å². The van der Waals surface area contributed by atoms with Crippen molar-refractivity contribution >= 4 is 18.0 Å². The number of rotatable bonds is 6. The third kappa shape index (κ3) is 3.93. The molecule has 3 fully saturated rings. The maximum Gasteiger partial charge on any atom is 0.407 e. The summed E-state index contributed by atoms with van der Waals surface area (Å²) in [7, 11) is 0. The van der Waals surface area contributed by atoms with Crippen LogP contribution in [0.15, 0.2) is 48.5 Å². The van der Waals surface area contributed by atoms with Crippen molar-refractivity contribution in [1.82, 2.24) is 10.2 Å². The summed E-state index contributed by atoms with van der Waals surface area (Å²) in [4.78, 5) is 39.8. The van der Waals surface area contributed by atoms with Crippen molar-refractivity contribution in [2.45, 2.75) is 49.6 Å². The van der Waals surface area contributed by atoms with Crippen molar-refractivity contribution in [3.05, 3.63) is 59.7 Å². The average molecular weight is 473 g/mol.